The zero-order valence-electron chi connectivity index (χ0n) is 7.84. The molecule has 1 aliphatic rings. The molecule has 4 heteroatoms. The van der Waals surface area contributed by atoms with E-state index in [1.807, 2.05) is 19.0 Å². The van der Waals surface area contributed by atoms with Gasteiger partial charge in [-0.25, -0.2) is 0 Å². The summed E-state index contributed by atoms with van der Waals surface area (Å²) in [5.41, 5.74) is 0. The summed E-state index contributed by atoms with van der Waals surface area (Å²) in [6.45, 7) is 0. The minimum Gasteiger partial charge on any atom is -0.386 e. The molecule has 0 aromatic heterocycles. The van der Waals surface area contributed by atoms with Crippen molar-refractivity contribution in [3.05, 3.63) is 0 Å². The average Bonchev–Trinajstić information content (AvgIpc) is 2.09. The fraction of sp³-hybridized carbons (Fsp3) is 0.778. The van der Waals surface area contributed by atoms with Crippen LogP contribution in [0, 0.1) is 12.3 Å². The Balaban J connectivity index is 2.67. The molecule has 0 spiro atoms. The summed E-state index contributed by atoms with van der Waals surface area (Å²) in [7, 11) is 3.67. The van der Waals surface area contributed by atoms with Crippen molar-refractivity contribution >= 4 is 0 Å². The summed E-state index contributed by atoms with van der Waals surface area (Å²) < 4.78 is 4.97. The maximum atomic E-state index is 9.54. The SMILES string of the molecule is C#C[C@@H]1C[C@H](N(C)C)[C@@H](O)[C@H](O)O1. The third-order valence-electron chi connectivity index (χ3n) is 2.29. The monoisotopic (exact) mass is 185 g/mol. The molecule has 1 rings (SSSR count). The van der Waals surface area contributed by atoms with Crippen LogP contribution in [0.25, 0.3) is 0 Å². The van der Waals surface area contributed by atoms with E-state index in [2.05, 4.69) is 5.92 Å². The highest BCUT2D eigenvalue weighted by atomic mass is 16.6. The van der Waals surface area contributed by atoms with Gasteiger partial charge in [0, 0.05) is 12.5 Å². The number of terminal acetylenes is 1. The summed E-state index contributed by atoms with van der Waals surface area (Å²) in [4.78, 5) is 1.83. The van der Waals surface area contributed by atoms with Gasteiger partial charge >= 0.3 is 0 Å². The molecule has 1 saturated heterocycles. The Labute approximate surface area is 78.1 Å². The molecule has 4 nitrogen and oxygen atoms in total. The normalized spacial score (nSPS) is 40.3. The van der Waals surface area contributed by atoms with Crippen LogP contribution in [0.2, 0.25) is 0 Å². The second-order valence-corrected chi connectivity index (χ2v) is 3.44. The van der Waals surface area contributed by atoms with Gasteiger partial charge in [0.25, 0.3) is 0 Å². The van der Waals surface area contributed by atoms with E-state index in [1.54, 1.807) is 0 Å². The number of ether oxygens (including phenoxy) is 1. The Kier molecular flexibility index (Phi) is 3.28. The zero-order valence-corrected chi connectivity index (χ0v) is 7.84. The molecule has 1 heterocycles. The Hall–Kier alpha value is -0.600. The quantitative estimate of drug-likeness (QED) is 0.515. The van der Waals surface area contributed by atoms with Gasteiger partial charge in [0.15, 0.2) is 6.29 Å². The van der Waals surface area contributed by atoms with Crippen LogP contribution in [0.5, 0.6) is 0 Å². The van der Waals surface area contributed by atoms with E-state index in [1.165, 1.54) is 0 Å². The van der Waals surface area contributed by atoms with Gasteiger partial charge in [0.1, 0.15) is 12.2 Å². The predicted molar refractivity (Wildman–Crippen MR) is 47.8 cm³/mol. The van der Waals surface area contributed by atoms with Crippen molar-refractivity contribution in [2.24, 2.45) is 0 Å². The fourth-order valence-electron chi connectivity index (χ4n) is 1.48. The topological polar surface area (TPSA) is 52.9 Å². The van der Waals surface area contributed by atoms with Gasteiger partial charge in [-0.3, -0.25) is 0 Å². The number of hydrogen-bond donors (Lipinski definition) is 2. The highest BCUT2D eigenvalue weighted by Gasteiger charge is 2.36. The maximum Gasteiger partial charge on any atom is 0.183 e. The van der Waals surface area contributed by atoms with Gasteiger partial charge in [0.05, 0.1) is 0 Å². The van der Waals surface area contributed by atoms with Gasteiger partial charge in [-0.1, -0.05) is 5.92 Å². The van der Waals surface area contributed by atoms with Gasteiger partial charge in [-0.15, -0.1) is 6.42 Å². The number of likely N-dealkylation sites (N-methyl/N-ethyl adjacent to an activating group) is 1. The third kappa shape index (κ3) is 2.20. The second kappa shape index (κ2) is 4.07. The fourth-order valence-corrected chi connectivity index (χ4v) is 1.48. The number of hydrogen-bond acceptors (Lipinski definition) is 4. The van der Waals surface area contributed by atoms with Crippen LogP contribution in [0.15, 0.2) is 0 Å². The molecule has 74 valence electrons. The van der Waals surface area contributed by atoms with E-state index >= 15 is 0 Å². The molecule has 4 atom stereocenters. The Bertz CT molecular complexity index is 211. The van der Waals surface area contributed by atoms with Crippen molar-refractivity contribution in [2.75, 3.05) is 14.1 Å². The van der Waals surface area contributed by atoms with Crippen molar-refractivity contribution in [1.29, 1.82) is 0 Å². The van der Waals surface area contributed by atoms with E-state index < -0.39 is 18.5 Å². The lowest BCUT2D eigenvalue weighted by Crippen LogP contribution is -2.53. The van der Waals surface area contributed by atoms with Gasteiger partial charge in [0.2, 0.25) is 0 Å². The minimum absolute atomic E-state index is 0.148. The third-order valence-corrected chi connectivity index (χ3v) is 2.29. The van der Waals surface area contributed by atoms with Gasteiger partial charge in [-0.2, -0.15) is 0 Å². The first-order valence-corrected chi connectivity index (χ1v) is 4.20. The smallest absolute Gasteiger partial charge is 0.183 e. The number of aliphatic hydroxyl groups excluding tert-OH is 2. The molecule has 0 aliphatic carbocycles. The van der Waals surface area contributed by atoms with Crippen molar-refractivity contribution in [1.82, 2.24) is 4.90 Å². The Morgan fingerprint density at radius 3 is 2.54 bits per heavy atom. The number of nitrogens with zero attached hydrogens (tertiary/aromatic N) is 1. The first kappa shape index (κ1) is 10.5. The lowest BCUT2D eigenvalue weighted by atomic mass is 9.99. The highest BCUT2D eigenvalue weighted by molar-refractivity contribution is 5.01. The van der Waals surface area contributed by atoms with Gasteiger partial charge < -0.3 is 19.8 Å². The van der Waals surface area contributed by atoms with Crippen molar-refractivity contribution in [3.8, 4) is 12.3 Å². The summed E-state index contributed by atoms with van der Waals surface area (Å²) in [6, 6.07) is -0.148. The molecule has 0 radical (unpaired) electrons. The maximum absolute atomic E-state index is 9.54. The first-order chi connectivity index (χ1) is 6.06. The molecule has 0 aromatic carbocycles. The molecule has 0 amide bonds. The van der Waals surface area contributed by atoms with E-state index in [0.29, 0.717) is 6.42 Å². The molecule has 1 aliphatic heterocycles. The summed E-state index contributed by atoms with van der Waals surface area (Å²) >= 11 is 0. The number of aliphatic hydroxyl groups is 2. The van der Waals surface area contributed by atoms with Crippen LogP contribution in [0.1, 0.15) is 6.42 Å². The lowest BCUT2D eigenvalue weighted by molar-refractivity contribution is -0.221. The summed E-state index contributed by atoms with van der Waals surface area (Å²) in [6.07, 6.45) is 3.25. The number of rotatable bonds is 1. The van der Waals surface area contributed by atoms with Crippen LogP contribution in [0.4, 0.5) is 0 Å². The van der Waals surface area contributed by atoms with E-state index in [-0.39, 0.29) is 6.04 Å². The zero-order chi connectivity index (χ0) is 10.0. The molecular formula is C9H15NO3. The highest BCUT2D eigenvalue weighted by Crippen LogP contribution is 2.21. The van der Waals surface area contributed by atoms with Crippen molar-refractivity contribution < 1.29 is 14.9 Å². The minimum atomic E-state index is -1.18. The van der Waals surface area contributed by atoms with Crippen molar-refractivity contribution in [2.45, 2.75) is 31.0 Å². The van der Waals surface area contributed by atoms with Gasteiger partial charge in [-0.05, 0) is 14.1 Å². The molecule has 1 fully saturated rings. The van der Waals surface area contributed by atoms with Crippen LogP contribution in [0.3, 0.4) is 0 Å². The molecule has 2 N–H and O–H groups in total. The first-order valence-electron chi connectivity index (χ1n) is 4.20. The van der Waals surface area contributed by atoms with Crippen LogP contribution in [-0.2, 0) is 4.74 Å². The predicted octanol–water partition coefficient (Wildman–Crippen LogP) is -0.982. The molecule has 0 saturated carbocycles. The van der Waals surface area contributed by atoms with E-state index in [4.69, 9.17) is 11.2 Å². The van der Waals surface area contributed by atoms with Crippen molar-refractivity contribution in [3.63, 3.8) is 0 Å². The van der Waals surface area contributed by atoms with E-state index in [9.17, 15) is 10.2 Å². The Morgan fingerprint density at radius 1 is 1.46 bits per heavy atom. The summed E-state index contributed by atoms with van der Waals surface area (Å²) in [5, 5.41) is 18.8. The molecule has 13 heavy (non-hydrogen) atoms. The average molecular weight is 185 g/mol. The standard InChI is InChI=1S/C9H15NO3/c1-4-6-5-7(10(2)3)8(11)9(12)13-6/h1,6-9,11-12H,5H2,2-3H3/t6-,7+,8-,9-/m1/s1. The molecule has 0 unspecified atom stereocenters. The van der Waals surface area contributed by atoms with E-state index in [0.717, 1.165) is 0 Å². The van der Waals surface area contributed by atoms with Crippen LogP contribution >= 0.6 is 0 Å². The molecular weight excluding hydrogens is 170 g/mol. The second-order valence-electron chi connectivity index (χ2n) is 3.44. The largest absolute Gasteiger partial charge is 0.386 e. The Morgan fingerprint density at radius 2 is 2.08 bits per heavy atom. The lowest BCUT2D eigenvalue weighted by Gasteiger charge is -2.38. The molecule has 0 aromatic rings. The van der Waals surface area contributed by atoms with Crippen LogP contribution < -0.4 is 0 Å². The van der Waals surface area contributed by atoms with Crippen LogP contribution in [-0.4, -0.2) is 53.7 Å². The summed E-state index contributed by atoms with van der Waals surface area (Å²) in [5.74, 6) is 2.42. The molecule has 0 bridgehead atoms.